The van der Waals surface area contributed by atoms with E-state index < -0.39 is 0 Å². The van der Waals surface area contributed by atoms with E-state index in [9.17, 15) is 0 Å². The van der Waals surface area contributed by atoms with Crippen LogP contribution in [0.4, 0.5) is 0 Å². The van der Waals surface area contributed by atoms with Crippen LogP contribution in [0.5, 0.6) is 0 Å². The van der Waals surface area contributed by atoms with Crippen molar-refractivity contribution in [3.8, 4) is 0 Å². The lowest BCUT2D eigenvalue weighted by Gasteiger charge is -2.57. The van der Waals surface area contributed by atoms with Crippen LogP contribution in [0.1, 0.15) is 250 Å². The van der Waals surface area contributed by atoms with Crippen molar-refractivity contribution in [2.24, 2.45) is 107 Å². The van der Waals surface area contributed by atoms with Crippen LogP contribution in [0, 0.1) is 107 Å². The number of hydrogen-bond acceptors (Lipinski definition) is 1. The molecule has 61 heavy (non-hydrogen) atoms. The monoisotopic (exact) mass is 834 g/mol. The van der Waals surface area contributed by atoms with E-state index in [1.54, 1.807) is 238 Å². The Balaban J connectivity index is 0.810. The normalized spacial score (nSPS) is 51.2. The third-order valence-corrected chi connectivity index (χ3v) is 24.8. The predicted octanol–water partition coefficient (Wildman–Crippen LogP) is 16.9. The summed E-state index contributed by atoms with van der Waals surface area (Å²) in [5, 5.41) is 0. The highest BCUT2D eigenvalue weighted by Crippen LogP contribution is 2.67. The third-order valence-electron chi connectivity index (χ3n) is 24.8. The molecule has 1 heteroatoms. The van der Waals surface area contributed by atoms with E-state index in [2.05, 4.69) is 4.90 Å². The van der Waals surface area contributed by atoms with Crippen molar-refractivity contribution < 1.29 is 0 Å². The first-order valence-electron chi connectivity index (χ1n) is 30.0. The van der Waals surface area contributed by atoms with Crippen LogP contribution < -0.4 is 0 Å². The molecule has 0 spiro atoms. The standard InChI is InChI=1S/C60H99N/c1-3-14-40(15-4-1)42-26-30-48(31-27-42)61(49-32-28-43(29-33-49)41-16-5-2-6-17-41)59-25-13-24-55-56(59)39-58-50-21-10-9-20-46(50)38-57(60(55)58)54-35-34-51(52-22-11-12-23-53(52)54)47-36-44-18-7-8-19-45(44)37-47/h40-60H,1-39H2. The Bertz CT molecular complexity index is 1340. The lowest BCUT2D eigenvalue weighted by Crippen LogP contribution is -2.56. The van der Waals surface area contributed by atoms with Gasteiger partial charge in [0.25, 0.3) is 0 Å². The van der Waals surface area contributed by atoms with Crippen LogP contribution in [0.15, 0.2) is 0 Å². The first-order valence-corrected chi connectivity index (χ1v) is 30.0. The average Bonchev–Trinajstić information content (AvgIpc) is 3.95. The summed E-state index contributed by atoms with van der Waals surface area (Å²) in [5.41, 5.74) is 0. The highest BCUT2D eigenvalue weighted by atomic mass is 15.2. The molecule has 12 saturated carbocycles. The molecule has 0 amide bonds. The quantitative estimate of drug-likeness (QED) is 0.247. The Hall–Kier alpha value is -0.0400. The number of nitrogens with zero attached hydrogens (tertiary/aromatic N) is 1. The second-order valence-corrected chi connectivity index (χ2v) is 26.8. The van der Waals surface area contributed by atoms with Crippen molar-refractivity contribution in [1.82, 2.24) is 4.90 Å². The molecule has 0 bridgehead atoms. The summed E-state index contributed by atoms with van der Waals surface area (Å²) in [6, 6.07) is 2.81. The molecule has 12 rings (SSSR count). The lowest BCUT2D eigenvalue weighted by atomic mass is 9.49. The van der Waals surface area contributed by atoms with Gasteiger partial charge in [-0.05, 0) is 229 Å². The third kappa shape index (κ3) is 8.28. The molecule has 12 fully saturated rings. The fourth-order valence-corrected chi connectivity index (χ4v) is 22.5. The van der Waals surface area contributed by atoms with Crippen molar-refractivity contribution >= 4 is 0 Å². The predicted molar refractivity (Wildman–Crippen MR) is 256 cm³/mol. The van der Waals surface area contributed by atoms with Crippen molar-refractivity contribution in [2.45, 2.75) is 269 Å². The molecule has 0 N–H and O–H groups in total. The molecule has 12 aliphatic carbocycles. The Morgan fingerprint density at radius 2 is 0.607 bits per heavy atom. The molecule has 1 nitrogen and oxygen atoms in total. The molecule has 0 aromatic heterocycles. The summed E-state index contributed by atoms with van der Waals surface area (Å²) in [7, 11) is 0. The fourth-order valence-electron chi connectivity index (χ4n) is 22.5. The summed E-state index contributed by atoms with van der Waals surface area (Å²) in [6.07, 6.45) is 62.2. The van der Waals surface area contributed by atoms with Crippen molar-refractivity contribution in [2.75, 3.05) is 0 Å². The van der Waals surface area contributed by atoms with E-state index in [1.807, 2.05) is 0 Å². The van der Waals surface area contributed by atoms with Gasteiger partial charge in [0.1, 0.15) is 0 Å². The first kappa shape index (κ1) is 42.3. The topological polar surface area (TPSA) is 3.24 Å². The molecule has 0 aromatic rings. The number of rotatable bonds is 7. The molecule has 0 radical (unpaired) electrons. The molecule has 0 saturated heterocycles. The second kappa shape index (κ2) is 18.9. The van der Waals surface area contributed by atoms with Gasteiger partial charge in [-0.2, -0.15) is 0 Å². The molecule has 12 aliphatic rings. The van der Waals surface area contributed by atoms with Crippen LogP contribution >= 0.6 is 0 Å². The molecule has 344 valence electrons. The number of fused-ring (bicyclic) bond motifs is 7. The molecular weight excluding hydrogens is 735 g/mol. The van der Waals surface area contributed by atoms with Gasteiger partial charge in [0, 0.05) is 18.1 Å². The Kier molecular flexibility index (Phi) is 13.1. The van der Waals surface area contributed by atoms with Crippen LogP contribution in [0.3, 0.4) is 0 Å². The maximum absolute atomic E-state index is 3.53. The van der Waals surface area contributed by atoms with Crippen LogP contribution in [-0.4, -0.2) is 23.0 Å². The van der Waals surface area contributed by atoms with E-state index in [1.165, 1.54) is 12.8 Å². The minimum absolute atomic E-state index is 0.929. The van der Waals surface area contributed by atoms with Gasteiger partial charge in [-0.3, -0.25) is 4.90 Å². The van der Waals surface area contributed by atoms with Gasteiger partial charge >= 0.3 is 0 Å². The lowest BCUT2D eigenvalue weighted by molar-refractivity contribution is -0.0787. The van der Waals surface area contributed by atoms with Gasteiger partial charge in [-0.25, -0.2) is 0 Å². The average molecular weight is 834 g/mol. The van der Waals surface area contributed by atoms with Crippen LogP contribution in [0.2, 0.25) is 0 Å². The smallest absolute Gasteiger partial charge is 0.0132 e. The molecule has 14 atom stereocenters. The van der Waals surface area contributed by atoms with Crippen molar-refractivity contribution in [3.05, 3.63) is 0 Å². The van der Waals surface area contributed by atoms with Crippen LogP contribution in [-0.2, 0) is 0 Å². The summed E-state index contributed by atoms with van der Waals surface area (Å²) in [4.78, 5) is 3.53. The summed E-state index contributed by atoms with van der Waals surface area (Å²) >= 11 is 0. The SMILES string of the molecule is C1CCC(C2CCC(N(C3CCC(C4CCCCC4)CC3)C3CCCC4C3CC3C5CCCCC5CC(C5CCC(C6CC7CCCCC7C6)C6CCCCC65)C34)CC2)CC1. The Morgan fingerprint density at radius 3 is 1.21 bits per heavy atom. The van der Waals surface area contributed by atoms with Gasteiger partial charge in [0.15, 0.2) is 0 Å². The van der Waals surface area contributed by atoms with E-state index in [4.69, 9.17) is 0 Å². The van der Waals surface area contributed by atoms with Gasteiger partial charge in [0.05, 0.1) is 0 Å². The summed E-state index contributed by atoms with van der Waals surface area (Å²) in [6.45, 7) is 0. The zero-order chi connectivity index (χ0) is 40.3. The maximum Gasteiger partial charge on any atom is 0.0132 e. The summed E-state index contributed by atoms with van der Waals surface area (Å²) in [5.74, 6) is 19.9. The minimum Gasteiger partial charge on any atom is -0.294 e. The van der Waals surface area contributed by atoms with E-state index >= 15 is 0 Å². The maximum atomic E-state index is 3.53. The van der Waals surface area contributed by atoms with Crippen molar-refractivity contribution in [1.29, 1.82) is 0 Å². The molecule has 0 heterocycles. The fraction of sp³-hybridized carbons (Fsp3) is 1.00. The summed E-state index contributed by atoms with van der Waals surface area (Å²) < 4.78 is 0. The molecule has 0 aliphatic heterocycles. The number of hydrogen-bond donors (Lipinski definition) is 0. The molecule has 0 aromatic carbocycles. The minimum atomic E-state index is 0.929. The van der Waals surface area contributed by atoms with Gasteiger partial charge in [-0.15, -0.1) is 0 Å². The zero-order valence-corrected chi connectivity index (χ0v) is 40.1. The van der Waals surface area contributed by atoms with Gasteiger partial charge in [0.2, 0.25) is 0 Å². The Labute approximate surface area is 378 Å². The second-order valence-electron chi connectivity index (χ2n) is 26.8. The van der Waals surface area contributed by atoms with Crippen molar-refractivity contribution in [3.63, 3.8) is 0 Å². The van der Waals surface area contributed by atoms with Gasteiger partial charge < -0.3 is 0 Å². The van der Waals surface area contributed by atoms with E-state index in [-0.39, 0.29) is 0 Å². The first-order chi connectivity index (χ1) is 30.2. The van der Waals surface area contributed by atoms with Gasteiger partial charge in [-0.1, -0.05) is 128 Å². The van der Waals surface area contributed by atoms with E-state index in [0.717, 1.165) is 125 Å². The molecular formula is C60H99N. The van der Waals surface area contributed by atoms with E-state index in [0.29, 0.717) is 0 Å². The zero-order valence-electron chi connectivity index (χ0n) is 40.1. The highest BCUT2D eigenvalue weighted by Gasteiger charge is 2.61. The van der Waals surface area contributed by atoms with Crippen LogP contribution in [0.25, 0.3) is 0 Å². The molecule has 14 unspecified atom stereocenters. The largest absolute Gasteiger partial charge is 0.294 e. The Morgan fingerprint density at radius 1 is 0.197 bits per heavy atom. The highest BCUT2D eigenvalue weighted by molar-refractivity contribution is 5.10.